The van der Waals surface area contributed by atoms with Crippen LogP contribution in [0.1, 0.15) is 104 Å². The zero-order chi connectivity index (χ0) is 65.0. The van der Waals surface area contributed by atoms with Crippen molar-refractivity contribution in [2.45, 2.75) is 165 Å². The van der Waals surface area contributed by atoms with Gasteiger partial charge in [-0.2, -0.15) is 0 Å². The fraction of sp³-hybridized carbons (Fsp3) is 0.979. The number of hydrogen-bond donors (Lipinski definition) is 31. The van der Waals surface area contributed by atoms with Crippen LogP contribution in [0.5, 0.6) is 0 Å². The maximum absolute atomic E-state index is 11.2. The molecule has 0 saturated heterocycles. The van der Waals surface area contributed by atoms with Crippen LogP contribution in [-0.2, 0) is 4.79 Å². The monoisotopic (exact) mass is 1200 g/mol. The second-order valence-corrected chi connectivity index (χ2v) is 16.3. The summed E-state index contributed by atoms with van der Waals surface area (Å²) in [7, 11) is 0. The van der Waals surface area contributed by atoms with Crippen LogP contribution >= 0.6 is 0 Å². The summed E-state index contributed by atoms with van der Waals surface area (Å²) in [4.78, 5) is 11.2. The summed E-state index contributed by atoms with van der Waals surface area (Å²) in [5.74, 6) is -0.670. The van der Waals surface area contributed by atoms with Crippen LogP contribution in [0.25, 0.3) is 0 Å². The lowest BCUT2D eigenvalue weighted by atomic mass is 9.94. The van der Waals surface area contributed by atoms with Crippen molar-refractivity contribution in [3.05, 3.63) is 0 Å². The van der Waals surface area contributed by atoms with E-state index in [4.69, 9.17) is 153 Å². The zero-order valence-electron chi connectivity index (χ0n) is 47.2. The summed E-state index contributed by atoms with van der Waals surface area (Å²) >= 11 is 0. The number of carboxylic acids is 1. The van der Waals surface area contributed by atoms with Gasteiger partial charge in [-0.3, -0.25) is 4.79 Å². The number of carbonyl (C=O) groups is 1. The van der Waals surface area contributed by atoms with Crippen LogP contribution in [-0.4, -0.2) is 357 Å². The van der Waals surface area contributed by atoms with Gasteiger partial charge in [0.25, 0.3) is 0 Å². The van der Waals surface area contributed by atoms with E-state index in [0.717, 1.165) is 25.7 Å². The van der Waals surface area contributed by atoms with Gasteiger partial charge in [-0.05, 0) is 12.8 Å². The number of rotatable bonds is 35. The number of hydrogen-bond acceptors (Lipinski definition) is 31. The minimum Gasteiger partial charge on any atom is -0.481 e. The van der Waals surface area contributed by atoms with E-state index in [1.165, 1.54) is 64.2 Å². The van der Waals surface area contributed by atoms with Crippen LogP contribution in [0.2, 0.25) is 0 Å². The van der Waals surface area contributed by atoms with Crippen molar-refractivity contribution in [3.8, 4) is 0 Å². The first-order chi connectivity index (χ1) is 37.8. The Morgan fingerprint density at radius 3 is 0.438 bits per heavy atom. The molecule has 0 aromatic heterocycles. The average Bonchev–Trinajstić information content (AvgIpc) is 3.51. The van der Waals surface area contributed by atoms with Gasteiger partial charge < -0.3 is 158 Å². The van der Waals surface area contributed by atoms with Gasteiger partial charge in [-0.15, -0.1) is 0 Å². The lowest BCUT2D eigenvalue weighted by Gasteiger charge is -2.11. The van der Waals surface area contributed by atoms with E-state index in [1.54, 1.807) is 0 Å². The molecule has 1 unspecified atom stereocenters. The first-order valence-electron chi connectivity index (χ1n) is 26.0. The highest BCUT2D eigenvalue weighted by Crippen LogP contribution is 2.19. The topological polar surface area (TPSA) is 644 Å². The molecule has 0 aromatic carbocycles. The lowest BCUT2D eigenvalue weighted by Crippen LogP contribution is -2.15. The molecule has 0 aromatic rings. The number of aliphatic carboxylic acids is 1. The molecule has 0 aliphatic carbocycles. The standard InChI is InChI=1S/C18H36O2.10C3H8O3/c1-3-5-7-9-10-11-12-14-16-17(18(19)20)15-13-8-6-4-2;10*4-1-3(6)2-5/h17H,3-16H2,1-2H3,(H,19,20);10*3-6H,1-2H2. The molecule has 1 atom stereocenters. The van der Waals surface area contributed by atoms with Gasteiger partial charge in [-0.1, -0.05) is 90.9 Å². The SMILES string of the molecule is CCCCCCCCCCC(CCCCCC)C(=O)O.OCC(O)CO.OCC(O)CO.OCC(O)CO.OCC(O)CO.OCC(O)CO.OCC(O)CO.OCC(O)CO.OCC(O)CO.OCC(O)CO.OCC(O)CO. The van der Waals surface area contributed by atoms with Crippen LogP contribution < -0.4 is 0 Å². The fourth-order valence-corrected chi connectivity index (χ4v) is 3.31. The van der Waals surface area contributed by atoms with Crippen molar-refractivity contribution in [2.75, 3.05) is 132 Å². The molecule has 32 nitrogen and oxygen atoms in total. The fourth-order valence-electron chi connectivity index (χ4n) is 3.31. The molecular formula is C48H116O32. The van der Waals surface area contributed by atoms with E-state index < -0.39 is 67.0 Å². The van der Waals surface area contributed by atoms with Crippen LogP contribution in [0.3, 0.4) is 0 Å². The summed E-state index contributed by atoms with van der Waals surface area (Å²) in [5.41, 5.74) is 0. The van der Waals surface area contributed by atoms with E-state index in [1.807, 2.05) is 0 Å². The first-order valence-corrected chi connectivity index (χ1v) is 26.0. The predicted molar refractivity (Wildman–Crippen MR) is 289 cm³/mol. The van der Waals surface area contributed by atoms with Gasteiger partial charge in [0.1, 0.15) is 61.0 Å². The number of carboxylic acid groups (broad SMARTS) is 1. The second-order valence-electron chi connectivity index (χ2n) is 16.3. The maximum Gasteiger partial charge on any atom is 0.306 e. The zero-order valence-corrected chi connectivity index (χ0v) is 47.2. The molecule has 0 aliphatic rings. The predicted octanol–water partition coefficient (Wildman–Crippen LogP) is -10.5. The normalized spacial score (nSPS) is 10.6. The lowest BCUT2D eigenvalue weighted by molar-refractivity contribution is -0.142. The van der Waals surface area contributed by atoms with Crippen molar-refractivity contribution in [1.29, 1.82) is 0 Å². The third-order valence-electron chi connectivity index (χ3n) is 8.38. The molecule has 31 N–H and O–H groups in total. The molecule has 80 heavy (non-hydrogen) atoms. The summed E-state index contributed by atoms with van der Waals surface area (Å²) in [6.45, 7) is -2.86. The van der Waals surface area contributed by atoms with Gasteiger partial charge in [0.2, 0.25) is 0 Å². The summed E-state index contributed by atoms with van der Waals surface area (Å²) in [6, 6.07) is 0. The summed E-state index contributed by atoms with van der Waals surface area (Å²) in [6.07, 6.45) is 7.27. The molecule has 0 fully saturated rings. The average molecular weight is 1210 g/mol. The van der Waals surface area contributed by atoms with Gasteiger partial charge in [0.05, 0.1) is 138 Å². The quantitative estimate of drug-likeness (QED) is 0.0262. The van der Waals surface area contributed by atoms with Crippen LogP contribution in [0.4, 0.5) is 0 Å². The van der Waals surface area contributed by atoms with Crippen LogP contribution in [0, 0.1) is 5.92 Å². The minimum atomic E-state index is -0.954. The Bertz CT molecular complexity index is 771. The molecule has 500 valence electrons. The number of aliphatic hydroxyl groups excluding tert-OH is 30. The Morgan fingerprint density at radius 2 is 0.338 bits per heavy atom. The third-order valence-corrected chi connectivity index (χ3v) is 8.38. The number of aliphatic hydroxyl groups is 30. The van der Waals surface area contributed by atoms with E-state index in [9.17, 15) is 9.90 Å². The van der Waals surface area contributed by atoms with Crippen LogP contribution in [0.15, 0.2) is 0 Å². The summed E-state index contributed by atoms with van der Waals surface area (Å²) in [5, 5.41) is 249. The van der Waals surface area contributed by atoms with Gasteiger partial charge in [0, 0.05) is 0 Å². The molecule has 0 rings (SSSR count). The largest absolute Gasteiger partial charge is 0.481 e. The van der Waals surface area contributed by atoms with Crippen molar-refractivity contribution < 1.29 is 163 Å². The van der Waals surface area contributed by atoms with E-state index >= 15 is 0 Å². The Balaban J connectivity index is -0.0000000761. The third kappa shape index (κ3) is 127. The molecule has 0 radical (unpaired) electrons. The second kappa shape index (κ2) is 96.4. The molecule has 0 heterocycles. The van der Waals surface area contributed by atoms with Gasteiger partial charge in [0.15, 0.2) is 0 Å². The smallest absolute Gasteiger partial charge is 0.306 e. The highest BCUT2D eigenvalue weighted by atomic mass is 16.4. The van der Waals surface area contributed by atoms with Crippen molar-refractivity contribution in [1.82, 2.24) is 0 Å². The van der Waals surface area contributed by atoms with E-state index in [0.29, 0.717) is 0 Å². The maximum atomic E-state index is 11.2. The van der Waals surface area contributed by atoms with Crippen molar-refractivity contribution in [3.63, 3.8) is 0 Å². The molecule has 32 heteroatoms. The Morgan fingerprint density at radius 1 is 0.225 bits per heavy atom. The van der Waals surface area contributed by atoms with Gasteiger partial charge in [-0.25, -0.2) is 0 Å². The Kier molecular flexibility index (Phi) is 124. The molecular weight excluding hydrogens is 1090 g/mol. The molecule has 0 aliphatic heterocycles. The molecule has 0 spiro atoms. The highest BCUT2D eigenvalue weighted by Gasteiger charge is 2.16. The molecule has 0 amide bonds. The highest BCUT2D eigenvalue weighted by molar-refractivity contribution is 5.69. The van der Waals surface area contributed by atoms with E-state index in [-0.39, 0.29) is 138 Å². The van der Waals surface area contributed by atoms with Crippen molar-refractivity contribution >= 4 is 5.97 Å². The Hall–Kier alpha value is -1.73. The number of unbranched alkanes of at least 4 members (excludes halogenated alkanes) is 10. The van der Waals surface area contributed by atoms with Crippen molar-refractivity contribution in [2.24, 2.45) is 5.92 Å². The molecule has 0 saturated carbocycles. The minimum absolute atomic E-state index is 0.0908. The van der Waals surface area contributed by atoms with Gasteiger partial charge >= 0.3 is 5.97 Å². The first kappa shape index (κ1) is 103. The Labute approximate surface area is 471 Å². The summed E-state index contributed by atoms with van der Waals surface area (Å²) < 4.78 is 0. The van der Waals surface area contributed by atoms with E-state index in [2.05, 4.69) is 13.8 Å². The molecule has 0 bridgehead atoms.